The molecule has 1 aliphatic rings. The molecule has 1 heterocycles. The van der Waals surface area contributed by atoms with Crippen molar-refractivity contribution in [3.63, 3.8) is 0 Å². The van der Waals surface area contributed by atoms with E-state index in [1.807, 2.05) is 30.3 Å². The third kappa shape index (κ3) is 3.16. The van der Waals surface area contributed by atoms with Gasteiger partial charge in [0.1, 0.15) is 11.5 Å². The van der Waals surface area contributed by atoms with Crippen molar-refractivity contribution in [2.24, 2.45) is 0 Å². The maximum absolute atomic E-state index is 6.15. The van der Waals surface area contributed by atoms with Gasteiger partial charge in [-0.25, -0.2) is 0 Å². The molecule has 0 fully saturated rings. The first kappa shape index (κ1) is 14.7. The summed E-state index contributed by atoms with van der Waals surface area (Å²) >= 11 is 0. The first-order valence-corrected chi connectivity index (χ1v) is 7.94. The predicted molar refractivity (Wildman–Crippen MR) is 92.8 cm³/mol. The molecular weight excluding hydrogens is 270 g/mol. The molecule has 0 atom stereocenters. The fourth-order valence-electron chi connectivity index (χ4n) is 2.78. The van der Waals surface area contributed by atoms with Gasteiger partial charge in [-0.3, -0.25) is 0 Å². The monoisotopic (exact) mass is 293 g/mol. The van der Waals surface area contributed by atoms with Gasteiger partial charge in [0.15, 0.2) is 0 Å². The lowest BCUT2D eigenvalue weighted by atomic mass is 10.0. The highest BCUT2D eigenvalue weighted by molar-refractivity contribution is 5.58. The number of hydrogen-bond donors (Lipinski definition) is 0. The van der Waals surface area contributed by atoms with Crippen LogP contribution in [0.25, 0.3) is 0 Å². The summed E-state index contributed by atoms with van der Waals surface area (Å²) in [4.78, 5) is 2.30. The Balaban J connectivity index is 1.94. The highest BCUT2D eigenvalue weighted by Gasteiger charge is 2.15. The molecule has 0 aromatic heterocycles. The van der Waals surface area contributed by atoms with E-state index in [-0.39, 0.29) is 0 Å². The summed E-state index contributed by atoms with van der Waals surface area (Å²) in [6.07, 6.45) is 3.37. The van der Waals surface area contributed by atoms with E-state index in [0.29, 0.717) is 5.92 Å². The fraction of sp³-hybridized carbons (Fsp3) is 0.300. The molecule has 22 heavy (non-hydrogen) atoms. The lowest BCUT2D eigenvalue weighted by Gasteiger charge is -2.20. The molecule has 0 saturated heterocycles. The standard InChI is InChI=1S/C20H23NO/c1-15(2)19-10-9-17(21-12-11-16(3)14-21)13-20(19)22-18-7-5-4-6-8-18/h4-10,13-15H,11-12H2,1-3H3. The topological polar surface area (TPSA) is 12.5 Å². The largest absolute Gasteiger partial charge is 0.457 e. The normalized spacial score (nSPS) is 14.4. The van der Waals surface area contributed by atoms with Gasteiger partial charge >= 0.3 is 0 Å². The molecule has 0 N–H and O–H groups in total. The molecule has 114 valence electrons. The van der Waals surface area contributed by atoms with Gasteiger partial charge in [-0.1, -0.05) is 43.7 Å². The molecule has 0 aliphatic carbocycles. The van der Waals surface area contributed by atoms with Gasteiger partial charge in [0, 0.05) is 24.5 Å². The number of benzene rings is 2. The van der Waals surface area contributed by atoms with Crippen molar-refractivity contribution in [1.29, 1.82) is 0 Å². The van der Waals surface area contributed by atoms with E-state index in [1.165, 1.54) is 16.8 Å². The van der Waals surface area contributed by atoms with E-state index in [2.05, 4.69) is 50.1 Å². The quantitative estimate of drug-likeness (QED) is 0.715. The van der Waals surface area contributed by atoms with E-state index in [4.69, 9.17) is 4.74 Å². The summed E-state index contributed by atoms with van der Waals surface area (Å²) in [6, 6.07) is 16.6. The third-order valence-corrected chi connectivity index (χ3v) is 4.05. The SMILES string of the molecule is CC1=CN(c2ccc(C(C)C)c(Oc3ccccc3)c2)CC1. The zero-order valence-electron chi connectivity index (χ0n) is 13.5. The molecule has 0 spiro atoms. The van der Waals surface area contributed by atoms with E-state index in [9.17, 15) is 0 Å². The minimum Gasteiger partial charge on any atom is -0.457 e. The van der Waals surface area contributed by atoms with Crippen molar-refractivity contribution in [3.8, 4) is 11.5 Å². The van der Waals surface area contributed by atoms with Crippen molar-refractivity contribution in [2.75, 3.05) is 11.4 Å². The summed E-state index contributed by atoms with van der Waals surface area (Å²) in [5.41, 5.74) is 3.87. The first-order chi connectivity index (χ1) is 10.6. The molecule has 2 nitrogen and oxygen atoms in total. The predicted octanol–water partition coefficient (Wildman–Crippen LogP) is 5.72. The average molecular weight is 293 g/mol. The lowest BCUT2D eigenvalue weighted by molar-refractivity contribution is 0.473. The average Bonchev–Trinajstić information content (AvgIpc) is 2.94. The highest BCUT2D eigenvalue weighted by atomic mass is 16.5. The van der Waals surface area contributed by atoms with Crippen LogP contribution in [-0.2, 0) is 0 Å². The molecule has 0 bridgehead atoms. The first-order valence-electron chi connectivity index (χ1n) is 7.94. The van der Waals surface area contributed by atoms with Crippen LogP contribution in [0.15, 0.2) is 60.3 Å². The van der Waals surface area contributed by atoms with Gasteiger partial charge in [0.25, 0.3) is 0 Å². The molecule has 0 radical (unpaired) electrons. The Morgan fingerprint density at radius 3 is 2.45 bits per heavy atom. The Kier molecular flexibility index (Phi) is 4.19. The van der Waals surface area contributed by atoms with E-state index in [0.717, 1.165) is 24.5 Å². The molecule has 2 aromatic rings. The van der Waals surface area contributed by atoms with Crippen LogP contribution in [0, 0.1) is 0 Å². The molecule has 0 saturated carbocycles. The maximum atomic E-state index is 6.15. The molecule has 2 aromatic carbocycles. The van der Waals surface area contributed by atoms with Gasteiger partial charge in [-0.2, -0.15) is 0 Å². The Morgan fingerprint density at radius 2 is 1.82 bits per heavy atom. The van der Waals surface area contributed by atoms with E-state index >= 15 is 0 Å². The van der Waals surface area contributed by atoms with Crippen LogP contribution in [0.3, 0.4) is 0 Å². The van der Waals surface area contributed by atoms with Crippen LogP contribution in [0.4, 0.5) is 5.69 Å². The second-order valence-corrected chi connectivity index (χ2v) is 6.21. The minimum atomic E-state index is 0.434. The van der Waals surface area contributed by atoms with Crippen molar-refractivity contribution in [3.05, 3.63) is 65.9 Å². The van der Waals surface area contributed by atoms with Crippen LogP contribution in [-0.4, -0.2) is 6.54 Å². The van der Waals surface area contributed by atoms with Gasteiger partial charge in [-0.05, 0) is 43.0 Å². The van der Waals surface area contributed by atoms with Crippen molar-refractivity contribution in [1.82, 2.24) is 0 Å². The van der Waals surface area contributed by atoms with Crippen LogP contribution >= 0.6 is 0 Å². The number of para-hydroxylation sites is 1. The van der Waals surface area contributed by atoms with Gasteiger partial charge < -0.3 is 9.64 Å². The summed E-state index contributed by atoms with van der Waals surface area (Å²) in [7, 11) is 0. The highest BCUT2D eigenvalue weighted by Crippen LogP contribution is 2.35. The van der Waals surface area contributed by atoms with Gasteiger partial charge in [0.2, 0.25) is 0 Å². The summed E-state index contributed by atoms with van der Waals surface area (Å²) in [5.74, 6) is 2.27. The summed E-state index contributed by atoms with van der Waals surface area (Å²) in [5, 5.41) is 0. The third-order valence-electron chi connectivity index (χ3n) is 4.05. The number of rotatable bonds is 4. The van der Waals surface area contributed by atoms with Gasteiger partial charge in [0.05, 0.1) is 0 Å². The molecule has 3 rings (SSSR count). The van der Waals surface area contributed by atoms with Crippen LogP contribution in [0.5, 0.6) is 11.5 Å². The number of ether oxygens (including phenoxy) is 1. The Morgan fingerprint density at radius 1 is 1.05 bits per heavy atom. The number of anilines is 1. The fourth-order valence-corrected chi connectivity index (χ4v) is 2.78. The van der Waals surface area contributed by atoms with Gasteiger partial charge in [-0.15, -0.1) is 0 Å². The molecule has 1 aliphatic heterocycles. The zero-order valence-corrected chi connectivity index (χ0v) is 13.5. The Labute approximate surface area is 133 Å². The van der Waals surface area contributed by atoms with Crippen molar-refractivity contribution < 1.29 is 4.74 Å². The number of nitrogens with zero attached hydrogens (tertiary/aromatic N) is 1. The molecule has 0 amide bonds. The Hall–Kier alpha value is -2.22. The van der Waals surface area contributed by atoms with Crippen molar-refractivity contribution >= 4 is 5.69 Å². The Bertz CT molecular complexity index is 673. The van der Waals surface area contributed by atoms with E-state index in [1.54, 1.807) is 0 Å². The molecular formula is C20H23NO. The molecule has 0 unspecified atom stereocenters. The van der Waals surface area contributed by atoms with Crippen LogP contribution in [0.1, 0.15) is 38.7 Å². The second-order valence-electron chi connectivity index (χ2n) is 6.21. The van der Waals surface area contributed by atoms with E-state index < -0.39 is 0 Å². The number of hydrogen-bond acceptors (Lipinski definition) is 2. The summed E-state index contributed by atoms with van der Waals surface area (Å²) < 4.78 is 6.15. The van der Waals surface area contributed by atoms with Crippen molar-refractivity contribution in [2.45, 2.75) is 33.1 Å². The maximum Gasteiger partial charge on any atom is 0.132 e. The van der Waals surface area contributed by atoms with Crippen LogP contribution in [0.2, 0.25) is 0 Å². The zero-order chi connectivity index (χ0) is 15.5. The molecule has 2 heteroatoms. The minimum absolute atomic E-state index is 0.434. The van der Waals surface area contributed by atoms with Crippen LogP contribution < -0.4 is 9.64 Å². The lowest BCUT2D eigenvalue weighted by Crippen LogP contribution is -2.12. The second kappa shape index (κ2) is 6.27. The summed E-state index contributed by atoms with van der Waals surface area (Å²) in [6.45, 7) is 7.64. The smallest absolute Gasteiger partial charge is 0.132 e.